The van der Waals surface area contributed by atoms with Crippen molar-refractivity contribution in [2.75, 3.05) is 12.8 Å². The van der Waals surface area contributed by atoms with Gasteiger partial charge in [0.2, 0.25) is 0 Å². The molecule has 0 aliphatic heterocycles. The number of non-ortho nitro benzene ring substituents is 1. The van der Waals surface area contributed by atoms with E-state index >= 15 is 0 Å². The SMILES string of the molecule is COc1ccc(-c2cc(-c3ccc([N+](=O)[O-])cc3)nc(N)c2C#N)cc1. The minimum Gasteiger partial charge on any atom is -0.497 e. The summed E-state index contributed by atoms with van der Waals surface area (Å²) in [5, 5.41) is 20.3. The number of benzene rings is 2. The number of nitrogens with two attached hydrogens (primary N) is 1. The summed E-state index contributed by atoms with van der Waals surface area (Å²) in [6.45, 7) is 0. The molecule has 0 fully saturated rings. The Labute approximate surface area is 149 Å². The summed E-state index contributed by atoms with van der Waals surface area (Å²) < 4.78 is 5.15. The summed E-state index contributed by atoms with van der Waals surface area (Å²) in [6, 6.07) is 17.1. The van der Waals surface area contributed by atoms with E-state index in [1.54, 1.807) is 37.4 Å². The normalized spacial score (nSPS) is 10.2. The Morgan fingerprint density at radius 1 is 1.12 bits per heavy atom. The Kier molecular flexibility index (Phi) is 4.50. The maximum Gasteiger partial charge on any atom is 0.269 e. The second kappa shape index (κ2) is 6.91. The van der Waals surface area contributed by atoms with Gasteiger partial charge in [-0.25, -0.2) is 4.98 Å². The van der Waals surface area contributed by atoms with Crippen molar-refractivity contribution in [3.05, 3.63) is 70.3 Å². The Morgan fingerprint density at radius 2 is 1.73 bits per heavy atom. The molecule has 128 valence electrons. The van der Waals surface area contributed by atoms with Gasteiger partial charge < -0.3 is 10.5 Å². The molecule has 2 N–H and O–H groups in total. The summed E-state index contributed by atoms with van der Waals surface area (Å²) in [5.74, 6) is 0.805. The van der Waals surface area contributed by atoms with Gasteiger partial charge in [0.1, 0.15) is 23.2 Å². The number of hydrogen-bond donors (Lipinski definition) is 1. The van der Waals surface area contributed by atoms with Gasteiger partial charge in [0.25, 0.3) is 5.69 Å². The fourth-order valence-corrected chi connectivity index (χ4v) is 2.58. The Morgan fingerprint density at radius 3 is 2.27 bits per heavy atom. The second-order valence-corrected chi connectivity index (χ2v) is 5.46. The average Bonchev–Trinajstić information content (AvgIpc) is 2.67. The van der Waals surface area contributed by atoms with Crippen molar-refractivity contribution >= 4 is 11.5 Å². The number of nitro groups is 1. The van der Waals surface area contributed by atoms with Crippen LogP contribution in [0.4, 0.5) is 11.5 Å². The molecule has 1 aromatic heterocycles. The minimum absolute atomic E-state index is 0.00857. The maximum atomic E-state index is 10.8. The lowest BCUT2D eigenvalue weighted by Crippen LogP contribution is -2.00. The van der Waals surface area contributed by atoms with E-state index in [0.29, 0.717) is 22.6 Å². The first-order valence-corrected chi connectivity index (χ1v) is 7.63. The molecule has 0 spiro atoms. The number of nitrogen functional groups attached to an aromatic ring is 1. The molecule has 0 atom stereocenters. The summed E-state index contributed by atoms with van der Waals surface area (Å²) >= 11 is 0. The smallest absolute Gasteiger partial charge is 0.269 e. The van der Waals surface area contributed by atoms with Gasteiger partial charge in [0.15, 0.2) is 0 Å². The fraction of sp³-hybridized carbons (Fsp3) is 0.0526. The van der Waals surface area contributed by atoms with E-state index in [2.05, 4.69) is 11.1 Å². The molecule has 0 saturated heterocycles. The van der Waals surface area contributed by atoms with Crippen LogP contribution in [0.15, 0.2) is 54.6 Å². The van der Waals surface area contributed by atoms with Crippen molar-refractivity contribution in [3.8, 4) is 34.2 Å². The standard InChI is InChI=1S/C19H14N4O3/c1-26-15-8-4-12(5-9-15)16-10-18(22-19(21)17(16)11-20)13-2-6-14(7-3-13)23(24)25/h2-10H,1H3,(H2,21,22). The van der Waals surface area contributed by atoms with Gasteiger partial charge in [-0.2, -0.15) is 5.26 Å². The first kappa shape index (κ1) is 16.9. The van der Waals surface area contributed by atoms with Crippen LogP contribution in [0.1, 0.15) is 5.56 Å². The van der Waals surface area contributed by atoms with E-state index in [1.165, 1.54) is 12.1 Å². The summed E-state index contributed by atoms with van der Waals surface area (Å²) in [5.41, 5.74) is 8.87. The van der Waals surface area contributed by atoms with Crippen LogP contribution in [0.5, 0.6) is 5.75 Å². The second-order valence-electron chi connectivity index (χ2n) is 5.46. The quantitative estimate of drug-likeness (QED) is 0.567. The number of pyridine rings is 1. The number of ether oxygens (including phenoxy) is 1. The van der Waals surface area contributed by atoms with E-state index < -0.39 is 4.92 Å². The van der Waals surface area contributed by atoms with Crippen LogP contribution in [0.3, 0.4) is 0 Å². The molecule has 0 radical (unpaired) electrons. The van der Waals surface area contributed by atoms with E-state index in [9.17, 15) is 15.4 Å². The molecule has 7 nitrogen and oxygen atoms in total. The zero-order valence-corrected chi connectivity index (χ0v) is 13.8. The Bertz CT molecular complexity index is 1010. The number of aromatic nitrogens is 1. The van der Waals surface area contributed by atoms with Crippen molar-refractivity contribution < 1.29 is 9.66 Å². The predicted octanol–water partition coefficient (Wildman–Crippen LogP) is 3.79. The predicted molar refractivity (Wildman–Crippen MR) is 97.4 cm³/mol. The van der Waals surface area contributed by atoms with Crippen molar-refractivity contribution in [1.29, 1.82) is 5.26 Å². The molecular formula is C19H14N4O3. The highest BCUT2D eigenvalue weighted by Crippen LogP contribution is 2.32. The molecule has 0 bridgehead atoms. The highest BCUT2D eigenvalue weighted by atomic mass is 16.6. The number of methoxy groups -OCH3 is 1. The Hall–Kier alpha value is -3.92. The van der Waals surface area contributed by atoms with Crippen LogP contribution >= 0.6 is 0 Å². The third-order valence-corrected chi connectivity index (χ3v) is 3.93. The molecule has 0 amide bonds. The number of nitro benzene ring substituents is 1. The van der Waals surface area contributed by atoms with Gasteiger partial charge >= 0.3 is 0 Å². The lowest BCUT2D eigenvalue weighted by atomic mass is 9.98. The van der Waals surface area contributed by atoms with Gasteiger partial charge in [0.05, 0.1) is 17.7 Å². The largest absolute Gasteiger partial charge is 0.497 e. The zero-order valence-electron chi connectivity index (χ0n) is 13.8. The van der Waals surface area contributed by atoms with Crippen LogP contribution < -0.4 is 10.5 Å². The van der Waals surface area contributed by atoms with Gasteiger partial charge in [-0.3, -0.25) is 10.1 Å². The number of nitriles is 1. The van der Waals surface area contributed by atoms with Crippen LogP contribution in [-0.2, 0) is 0 Å². The number of hydrogen-bond acceptors (Lipinski definition) is 6. The van der Waals surface area contributed by atoms with Crippen molar-refractivity contribution in [2.24, 2.45) is 0 Å². The molecule has 2 aromatic carbocycles. The number of nitrogens with zero attached hydrogens (tertiary/aromatic N) is 3. The average molecular weight is 346 g/mol. The molecule has 3 aromatic rings. The zero-order chi connectivity index (χ0) is 18.7. The van der Waals surface area contributed by atoms with E-state index in [0.717, 1.165) is 5.56 Å². The molecular weight excluding hydrogens is 332 g/mol. The summed E-state index contributed by atoms with van der Waals surface area (Å²) in [7, 11) is 1.58. The lowest BCUT2D eigenvalue weighted by Gasteiger charge is -2.11. The van der Waals surface area contributed by atoms with Gasteiger partial charge in [-0.1, -0.05) is 12.1 Å². The molecule has 3 rings (SSSR count). The van der Waals surface area contributed by atoms with Crippen LogP contribution in [-0.4, -0.2) is 17.0 Å². The third-order valence-electron chi connectivity index (χ3n) is 3.93. The lowest BCUT2D eigenvalue weighted by molar-refractivity contribution is -0.384. The van der Waals surface area contributed by atoms with E-state index in [-0.39, 0.29) is 17.1 Å². The molecule has 0 unspecified atom stereocenters. The van der Waals surface area contributed by atoms with Crippen LogP contribution in [0.25, 0.3) is 22.4 Å². The molecule has 0 saturated carbocycles. The monoisotopic (exact) mass is 346 g/mol. The van der Waals surface area contributed by atoms with Crippen molar-refractivity contribution in [3.63, 3.8) is 0 Å². The summed E-state index contributed by atoms with van der Waals surface area (Å²) in [4.78, 5) is 14.6. The van der Waals surface area contributed by atoms with Crippen LogP contribution in [0.2, 0.25) is 0 Å². The van der Waals surface area contributed by atoms with Crippen LogP contribution in [0, 0.1) is 21.4 Å². The molecule has 26 heavy (non-hydrogen) atoms. The first-order valence-electron chi connectivity index (χ1n) is 7.63. The molecule has 1 heterocycles. The maximum absolute atomic E-state index is 10.8. The van der Waals surface area contributed by atoms with Gasteiger partial charge in [-0.15, -0.1) is 0 Å². The topological polar surface area (TPSA) is 115 Å². The minimum atomic E-state index is -0.465. The highest BCUT2D eigenvalue weighted by Gasteiger charge is 2.14. The molecule has 7 heteroatoms. The molecule has 0 aliphatic carbocycles. The third kappa shape index (κ3) is 3.16. The first-order chi connectivity index (χ1) is 12.5. The van der Waals surface area contributed by atoms with E-state index in [4.69, 9.17) is 10.5 Å². The number of rotatable bonds is 4. The molecule has 0 aliphatic rings. The van der Waals surface area contributed by atoms with E-state index in [1.807, 2.05) is 12.1 Å². The van der Waals surface area contributed by atoms with Gasteiger partial charge in [0, 0.05) is 23.3 Å². The Balaban J connectivity index is 2.12. The number of anilines is 1. The summed E-state index contributed by atoms with van der Waals surface area (Å²) in [6.07, 6.45) is 0. The van der Waals surface area contributed by atoms with Crippen molar-refractivity contribution in [1.82, 2.24) is 4.98 Å². The van der Waals surface area contributed by atoms with Gasteiger partial charge in [-0.05, 0) is 35.9 Å². The highest BCUT2D eigenvalue weighted by molar-refractivity contribution is 5.80. The van der Waals surface area contributed by atoms with Crippen molar-refractivity contribution in [2.45, 2.75) is 0 Å². The fourth-order valence-electron chi connectivity index (χ4n) is 2.58.